The van der Waals surface area contributed by atoms with Crippen LogP contribution in [0.1, 0.15) is 34.1 Å². The van der Waals surface area contributed by atoms with Gasteiger partial charge in [0.1, 0.15) is 6.04 Å². The summed E-state index contributed by atoms with van der Waals surface area (Å²) in [5.74, 6) is -0.154. The molecule has 5 heteroatoms. The van der Waals surface area contributed by atoms with E-state index in [1.54, 1.807) is 0 Å². The Morgan fingerprint density at radius 1 is 1.47 bits per heavy atom. The normalized spacial score (nSPS) is 21.1. The first-order valence-electron chi connectivity index (χ1n) is 7.24. The lowest BCUT2D eigenvalue weighted by atomic mass is 10.0. The smallest absolute Gasteiger partial charge is 0.324 e. The molecule has 1 atom stereocenters. The van der Waals surface area contributed by atoms with E-state index >= 15 is 0 Å². The Labute approximate surface area is 116 Å². The minimum absolute atomic E-state index is 0.0309. The highest BCUT2D eigenvalue weighted by molar-refractivity contribution is 5.76. The Kier molecular flexibility index (Phi) is 6.75. The molecule has 5 nitrogen and oxygen atoms in total. The van der Waals surface area contributed by atoms with Crippen molar-refractivity contribution < 1.29 is 14.3 Å². The van der Waals surface area contributed by atoms with Crippen molar-refractivity contribution in [2.75, 3.05) is 39.5 Å². The molecule has 1 rings (SSSR count). The van der Waals surface area contributed by atoms with Crippen molar-refractivity contribution in [3.63, 3.8) is 0 Å². The molecule has 1 heterocycles. The van der Waals surface area contributed by atoms with E-state index in [1.807, 2.05) is 6.92 Å². The van der Waals surface area contributed by atoms with Crippen LogP contribution in [0.5, 0.6) is 0 Å². The molecule has 0 saturated carbocycles. The summed E-state index contributed by atoms with van der Waals surface area (Å²) in [5, 5.41) is 3.28. The minimum atomic E-state index is -0.253. The Morgan fingerprint density at radius 2 is 2.21 bits per heavy atom. The standard InChI is InChI=1S/C14H28N2O3/c1-5-7-15-12(13(17)19-6-2)10-16-8-9-18-11-14(16,3)4/h12,15H,5-11H2,1-4H3. The fraction of sp³-hybridized carbons (Fsp3) is 0.929. The molecule has 19 heavy (non-hydrogen) atoms. The van der Waals surface area contributed by atoms with Crippen molar-refractivity contribution >= 4 is 5.97 Å². The molecule has 1 aliphatic heterocycles. The third-order valence-corrected chi connectivity index (χ3v) is 3.43. The fourth-order valence-electron chi connectivity index (χ4n) is 2.23. The highest BCUT2D eigenvalue weighted by Gasteiger charge is 2.33. The van der Waals surface area contributed by atoms with Crippen LogP contribution in [0.3, 0.4) is 0 Å². The number of esters is 1. The molecule has 0 aromatic carbocycles. The van der Waals surface area contributed by atoms with Gasteiger partial charge in [-0.05, 0) is 33.7 Å². The van der Waals surface area contributed by atoms with E-state index in [0.29, 0.717) is 19.8 Å². The van der Waals surface area contributed by atoms with E-state index in [2.05, 4.69) is 31.0 Å². The lowest BCUT2D eigenvalue weighted by molar-refractivity contribution is -0.147. The molecule has 0 spiro atoms. The number of hydrogen-bond donors (Lipinski definition) is 1. The first-order chi connectivity index (χ1) is 9.01. The highest BCUT2D eigenvalue weighted by atomic mass is 16.5. The average molecular weight is 272 g/mol. The van der Waals surface area contributed by atoms with Crippen molar-refractivity contribution in [2.24, 2.45) is 0 Å². The maximum Gasteiger partial charge on any atom is 0.324 e. The first-order valence-corrected chi connectivity index (χ1v) is 7.24. The summed E-state index contributed by atoms with van der Waals surface area (Å²) in [4.78, 5) is 14.3. The van der Waals surface area contributed by atoms with Crippen LogP contribution in [0, 0.1) is 0 Å². The molecule has 1 fully saturated rings. The molecule has 0 bridgehead atoms. The topological polar surface area (TPSA) is 50.8 Å². The van der Waals surface area contributed by atoms with Crippen LogP contribution in [-0.2, 0) is 14.3 Å². The second kappa shape index (κ2) is 7.82. The molecular weight excluding hydrogens is 244 g/mol. The summed E-state index contributed by atoms with van der Waals surface area (Å²) in [6.45, 7) is 12.4. The number of nitrogens with one attached hydrogen (secondary N) is 1. The van der Waals surface area contributed by atoms with Crippen LogP contribution >= 0.6 is 0 Å². The van der Waals surface area contributed by atoms with E-state index in [1.165, 1.54) is 0 Å². The molecule has 1 unspecified atom stereocenters. The molecule has 112 valence electrons. The second-order valence-electron chi connectivity index (χ2n) is 5.57. The van der Waals surface area contributed by atoms with Crippen molar-refractivity contribution in [3.8, 4) is 0 Å². The van der Waals surface area contributed by atoms with Crippen LogP contribution in [0.25, 0.3) is 0 Å². The van der Waals surface area contributed by atoms with Gasteiger partial charge < -0.3 is 14.8 Å². The zero-order valence-corrected chi connectivity index (χ0v) is 12.7. The van der Waals surface area contributed by atoms with Gasteiger partial charge in [0, 0.05) is 18.6 Å². The monoisotopic (exact) mass is 272 g/mol. The quantitative estimate of drug-likeness (QED) is 0.702. The van der Waals surface area contributed by atoms with Gasteiger partial charge in [0.2, 0.25) is 0 Å². The number of carbonyl (C=O) groups excluding carboxylic acids is 1. The molecule has 1 saturated heterocycles. The molecule has 0 amide bonds. The maximum atomic E-state index is 12.0. The summed E-state index contributed by atoms with van der Waals surface area (Å²) < 4.78 is 10.7. The van der Waals surface area contributed by atoms with Crippen molar-refractivity contribution in [2.45, 2.75) is 45.7 Å². The average Bonchev–Trinajstić information content (AvgIpc) is 2.36. The molecule has 1 N–H and O–H groups in total. The largest absolute Gasteiger partial charge is 0.465 e. The van der Waals surface area contributed by atoms with Gasteiger partial charge in [0.05, 0.1) is 19.8 Å². The number of hydrogen-bond acceptors (Lipinski definition) is 5. The summed E-state index contributed by atoms with van der Waals surface area (Å²) >= 11 is 0. The summed E-state index contributed by atoms with van der Waals surface area (Å²) in [6.07, 6.45) is 1.00. The summed E-state index contributed by atoms with van der Waals surface area (Å²) in [6, 6.07) is -0.253. The Hall–Kier alpha value is -0.650. The predicted molar refractivity (Wildman–Crippen MR) is 75.2 cm³/mol. The molecule has 0 aromatic rings. The van der Waals surface area contributed by atoms with Crippen LogP contribution < -0.4 is 5.32 Å². The van der Waals surface area contributed by atoms with Crippen molar-refractivity contribution in [1.29, 1.82) is 0 Å². The zero-order chi connectivity index (χ0) is 14.3. The first kappa shape index (κ1) is 16.4. The van der Waals surface area contributed by atoms with Crippen molar-refractivity contribution in [1.82, 2.24) is 10.2 Å². The van der Waals surface area contributed by atoms with Gasteiger partial charge in [-0.1, -0.05) is 6.92 Å². The Bertz CT molecular complexity index is 282. The molecule has 0 aromatic heterocycles. The summed E-state index contributed by atoms with van der Waals surface area (Å²) in [5.41, 5.74) is -0.0309. The van der Waals surface area contributed by atoms with Gasteiger partial charge in [-0.3, -0.25) is 9.69 Å². The van der Waals surface area contributed by atoms with Crippen LogP contribution in [-0.4, -0.2) is 61.9 Å². The Morgan fingerprint density at radius 3 is 2.79 bits per heavy atom. The van der Waals surface area contributed by atoms with Gasteiger partial charge in [0.25, 0.3) is 0 Å². The number of nitrogens with zero attached hydrogens (tertiary/aromatic N) is 1. The van der Waals surface area contributed by atoms with E-state index in [0.717, 1.165) is 26.1 Å². The summed E-state index contributed by atoms with van der Waals surface area (Å²) in [7, 11) is 0. The lowest BCUT2D eigenvalue weighted by Crippen LogP contribution is -2.58. The van der Waals surface area contributed by atoms with Gasteiger partial charge in [0.15, 0.2) is 0 Å². The predicted octanol–water partition coefficient (Wildman–Crippen LogP) is 1.03. The SMILES string of the molecule is CCCNC(CN1CCOCC1(C)C)C(=O)OCC. The van der Waals surface area contributed by atoms with E-state index in [4.69, 9.17) is 9.47 Å². The fourth-order valence-corrected chi connectivity index (χ4v) is 2.23. The number of rotatable bonds is 7. The van der Waals surface area contributed by atoms with Gasteiger partial charge in [-0.15, -0.1) is 0 Å². The highest BCUT2D eigenvalue weighted by Crippen LogP contribution is 2.19. The van der Waals surface area contributed by atoms with Crippen LogP contribution in [0.4, 0.5) is 0 Å². The van der Waals surface area contributed by atoms with Crippen molar-refractivity contribution in [3.05, 3.63) is 0 Å². The number of ether oxygens (including phenoxy) is 2. The van der Waals surface area contributed by atoms with Gasteiger partial charge >= 0.3 is 5.97 Å². The van der Waals surface area contributed by atoms with Gasteiger partial charge in [-0.25, -0.2) is 0 Å². The Balaban J connectivity index is 2.61. The lowest BCUT2D eigenvalue weighted by Gasteiger charge is -2.43. The van der Waals surface area contributed by atoms with Crippen LogP contribution in [0.2, 0.25) is 0 Å². The molecular formula is C14H28N2O3. The third kappa shape index (κ3) is 5.09. The third-order valence-electron chi connectivity index (χ3n) is 3.43. The maximum absolute atomic E-state index is 12.0. The second-order valence-corrected chi connectivity index (χ2v) is 5.57. The minimum Gasteiger partial charge on any atom is -0.465 e. The van der Waals surface area contributed by atoms with Gasteiger partial charge in [-0.2, -0.15) is 0 Å². The zero-order valence-electron chi connectivity index (χ0n) is 12.7. The molecule has 0 radical (unpaired) electrons. The number of carbonyl (C=O) groups is 1. The molecule has 1 aliphatic rings. The van der Waals surface area contributed by atoms with Crippen LogP contribution in [0.15, 0.2) is 0 Å². The van der Waals surface area contributed by atoms with E-state index < -0.39 is 0 Å². The number of morpholine rings is 1. The van der Waals surface area contributed by atoms with E-state index in [9.17, 15) is 4.79 Å². The molecule has 0 aliphatic carbocycles. The van der Waals surface area contributed by atoms with E-state index in [-0.39, 0.29) is 17.6 Å².